The molecule has 4 nitrogen and oxygen atoms in total. The van der Waals surface area contributed by atoms with Gasteiger partial charge in [-0.3, -0.25) is 9.59 Å². The number of ether oxygens (including phenoxy) is 1. The van der Waals surface area contributed by atoms with Gasteiger partial charge in [0.15, 0.2) is 0 Å². The Morgan fingerprint density at radius 2 is 1.66 bits per heavy atom. The number of carbonyl (C=O) groups is 2. The third-order valence-corrected chi connectivity index (χ3v) is 4.95. The van der Waals surface area contributed by atoms with Gasteiger partial charge < -0.3 is 10.1 Å². The van der Waals surface area contributed by atoms with E-state index >= 15 is 0 Å². The third kappa shape index (κ3) is 5.83. The van der Waals surface area contributed by atoms with Gasteiger partial charge in [-0.2, -0.15) is 0 Å². The van der Waals surface area contributed by atoms with Crippen LogP contribution in [0.3, 0.4) is 0 Å². The highest BCUT2D eigenvalue weighted by molar-refractivity contribution is 6.31. The second-order valence-corrected chi connectivity index (χ2v) is 7.38. The quantitative estimate of drug-likeness (QED) is 0.508. The van der Waals surface area contributed by atoms with Gasteiger partial charge in [0.25, 0.3) is 5.91 Å². The molecule has 0 spiro atoms. The van der Waals surface area contributed by atoms with E-state index in [0.29, 0.717) is 21.3 Å². The molecule has 1 atom stereocenters. The number of halogens is 2. The predicted molar refractivity (Wildman–Crippen MR) is 115 cm³/mol. The van der Waals surface area contributed by atoms with Gasteiger partial charge in [0.1, 0.15) is 0 Å². The molecule has 29 heavy (non-hydrogen) atoms. The molecular formula is C23H19Cl2NO3. The fourth-order valence-corrected chi connectivity index (χ4v) is 3.03. The van der Waals surface area contributed by atoms with E-state index in [0.717, 1.165) is 11.1 Å². The first kappa shape index (κ1) is 20.9. The zero-order valence-corrected chi connectivity index (χ0v) is 17.2. The van der Waals surface area contributed by atoms with Gasteiger partial charge in [-0.25, -0.2) is 0 Å². The molecule has 0 fully saturated rings. The van der Waals surface area contributed by atoms with Gasteiger partial charge in [0.05, 0.1) is 6.42 Å². The molecule has 0 aliphatic heterocycles. The normalized spacial score (nSPS) is 11.6. The average Bonchev–Trinajstić information content (AvgIpc) is 2.71. The van der Waals surface area contributed by atoms with Crippen molar-refractivity contribution in [2.45, 2.75) is 19.4 Å². The van der Waals surface area contributed by atoms with Crippen LogP contribution in [0.2, 0.25) is 10.0 Å². The SMILES string of the molecule is Cc1ccc(NC(=O)[C@@H](OC(=O)Cc2ccc(Cl)cc2)c2ccccc2)cc1Cl. The Bertz CT molecular complexity index is 1000. The number of amides is 1. The van der Waals surface area contributed by atoms with Crippen molar-refractivity contribution >= 4 is 40.8 Å². The number of aryl methyl sites for hydroxylation is 1. The maximum absolute atomic E-state index is 12.9. The van der Waals surface area contributed by atoms with E-state index in [2.05, 4.69) is 5.32 Å². The smallest absolute Gasteiger partial charge is 0.311 e. The molecule has 0 bridgehead atoms. The van der Waals surface area contributed by atoms with Crippen LogP contribution in [0, 0.1) is 6.92 Å². The van der Waals surface area contributed by atoms with E-state index in [1.165, 1.54) is 0 Å². The van der Waals surface area contributed by atoms with Crippen molar-refractivity contribution in [1.82, 2.24) is 0 Å². The lowest BCUT2D eigenvalue weighted by Gasteiger charge is -2.18. The lowest BCUT2D eigenvalue weighted by Crippen LogP contribution is -2.26. The summed E-state index contributed by atoms with van der Waals surface area (Å²) >= 11 is 12.0. The first-order valence-electron chi connectivity index (χ1n) is 8.98. The van der Waals surface area contributed by atoms with Gasteiger partial charge in [-0.05, 0) is 42.3 Å². The largest absolute Gasteiger partial charge is 0.447 e. The highest BCUT2D eigenvalue weighted by Crippen LogP contribution is 2.24. The number of benzene rings is 3. The highest BCUT2D eigenvalue weighted by Gasteiger charge is 2.25. The summed E-state index contributed by atoms with van der Waals surface area (Å²) < 4.78 is 5.54. The molecule has 0 aliphatic rings. The van der Waals surface area contributed by atoms with E-state index in [9.17, 15) is 9.59 Å². The Hall–Kier alpha value is -2.82. The molecule has 0 aromatic heterocycles. The van der Waals surface area contributed by atoms with Crippen molar-refractivity contribution in [2.24, 2.45) is 0 Å². The minimum atomic E-state index is -1.09. The van der Waals surface area contributed by atoms with Crippen molar-refractivity contribution in [3.8, 4) is 0 Å². The summed E-state index contributed by atoms with van der Waals surface area (Å²) in [6.45, 7) is 1.87. The van der Waals surface area contributed by atoms with Crippen LogP contribution in [0.15, 0.2) is 72.8 Å². The Balaban J connectivity index is 1.77. The number of hydrogen-bond donors (Lipinski definition) is 1. The standard InChI is InChI=1S/C23H19Cl2NO3/c1-15-7-12-19(14-20(15)25)26-23(28)22(17-5-3-2-4-6-17)29-21(27)13-16-8-10-18(24)11-9-16/h2-12,14,22H,13H2,1H3,(H,26,28)/t22-/m0/s1. The summed E-state index contributed by atoms with van der Waals surface area (Å²) in [5.41, 5.74) is 2.75. The summed E-state index contributed by atoms with van der Waals surface area (Å²) in [7, 11) is 0. The van der Waals surface area contributed by atoms with E-state index < -0.39 is 18.0 Å². The van der Waals surface area contributed by atoms with E-state index in [-0.39, 0.29) is 6.42 Å². The molecule has 0 radical (unpaired) electrons. The van der Waals surface area contributed by atoms with Crippen LogP contribution in [0.5, 0.6) is 0 Å². The lowest BCUT2D eigenvalue weighted by atomic mass is 10.1. The van der Waals surface area contributed by atoms with Gasteiger partial charge in [0.2, 0.25) is 6.10 Å². The minimum absolute atomic E-state index is 0.0319. The molecule has 0 saturated heterocycles. The summed E-state index contributed by atoms with van der Waals surface area (Å²) in [4.78, 5) is 25.4. The Morgan fingerprint density at radius 3 is 2.31 bits per heavy atom. The summed E-state index contributed by atoms with van der Waals surface area (Å²) in [5, 5.41) is 3.89. The number of carbonyl (C=O) groups excluding carboxylic acids is 2. The Labute approximate surface area is 179 Å². The Morgan fingerprint density at radius 1 is 0.966 bits per heavy atom. The molecule has 3 rings (SSSR count). The van der Waals surface area contributed by atoms with E-state index in [1.807, 2.05) is 19.1 Å². The van der Waals surface area contributed by atoms with Crippen molar-refractivity contribution in [3.05, 3.63) is 99.5 Å². The van der Waals surface area contributed by atoms with Gasteiger partial charge in [-0.15, -0.1) is 0 Å². The number of rotatable bonds is 6. The monoisotopic (exact) mass is 427 g/mol. The van der Waals surface area contributed by atoms with Crippen LogP contribution in [-0.4, -0.2) is 11.9 Å². The molecule has 3 aromatic rings. The fourth-order valence-electron chi connectivity index (χ4n) is 2.72. The summed E-state index contributed by atoms with van der Waals surface area (Å²) in [6.07, 6.45) is -1.06. The van der Waals surface area contributed by atoms with Crippen LogP contribution in [0.4, 0.5) is 5.69 Å². The third-order valence-electron chi connectivity index (χ3n) is 4.29. The zero-order valence-electron chi connectivity index (χ0n) is 15.7. The topological polar surface area (TPSA) is 55.4 Å². The summed E-state index contributed by atoms with van der Waals surface area (Å²) in [6, 6.07) is 21.0. The first-order chi connectivity index (χ1) is 13.9. The van der Waals surface area contributed by atoms with Crippen molar-refractivity contribution in [2.75, 3.05) is 5.32 Å². The second-order valence-electron chi connectivity index (χ2n) is 6.54. The number of anilines is 1. The molecule has 0 aliphatic carbocycles. The van der Waals surface area contributed by atoms with Gasteiger partial charge in [-0.1, -0.05) is 71.7 Å². The maximum atomic E-state index is 12.9. The molecule has 0 unspecified atom stereocenters. The molecule has 0 heterocycles. The number of hydrogen-bond acceptors (Lipinski definition) is 3. The van der Waals surface area contributed by atoms with E-state index in [4.69, 9.17) is 27.9 Å². The minimum Gasteiger partial charge on any atom is -0.447 e. The zero-order chi connectivity index (χ0) is 20.8. The molecular weight excluding hydrogens is 409 g/mol. The molecule has 1 amide bonds. The van der Waals surface area contributed by atoms with Crippen LogP contribution in [0.25, 0.3) is 0 Å². The molecule has 148 valence electrons. The van der Waals surface area contributed by atoms with Crippen LogP contribution >= 0.6 is 23.2 Å². The molecule has 3 aromatic carbocycles. The fraction of sp³-hybridized carbons (Fsp3) is 0.130. The average molecular weight is 428 g/mol. The van der Waals surface area contributed by atoms with Gasteiger partial charge in [0, 0.05) is 21.3 Å². The molecule has 6 heteroatoms. The first-order valence-corrected chi connectivity index (χ1v) is 9.74. The highest BCUT2D eigenvalue weighted by atomic mass is 35.5. The Kier molecular flexibility index (Phi) is 6.91. The van der Waals surface area contributed by atoms with Crippen LogP contribution in [-0.2, 0) is 20.7 Å². The second kappa shape index (κ2) is 9.59. The van der Waals surface area contributed by atoms with Gasteiger partial charge >= 0.3 is 5.97 Å². The molecule has 1 N–H and O–H groups in total. The number of esters is 1. The van der Waals surface area contributed by atoms with Crippen LogP contribution in [0.1, 0.15) is 22.8 Å². The lowest BCUT2D eigenvalue weighted by molar-refractivity contribution is -0.154. The molecule has 0 saturated carbocycles. The number of nitrogens with one attached hydrogen (secondary N) is 1. The predicted octanol–water partition coefficient (Wildman–Crippen LogP) is 5.77. The van der Waals surface area contributed by atoms with Crippen molar-refractivity contribution in [3.63, 3.8) is 0 Å². The maximum Gasteiger partial charge on any atom is 0.311 e. The van der Waals surface area contributed by atoms with Crippen molar-refractivity contribution < 1.29 is 14.3 Å². The van der Waals surface area contributed by atoms with Crippen LogP contribution < -0.4 is 5.32 Å². The summed E-state index contributed by atoms with van der Waals surface area (Å²) in [5.74, 6) is -0.973. The van der Waals surface area contributed by atoms with Crippen molar-refractivity contribution in [1.29, 1.82) is 0 Å². The van der Waals surface area contributed by atoms with E-state index in [1.54, 1.807) is 60.7 Å².